The van der Waals surface area contributed by atoms with Crippen LogP contribution in [0.3, 0.4) is 0 Å². The van der Waals surface area contributed by atoms with E-state index >= 15 is 0 Å². The van der Waals surface area contributed by atoms with Gasteiger partial charge in [-0.3, -0.25) is 0 Å². The molecule has 4 heteroatoms. The van der Waals surface area contributed by atoms with E-state index in [1.807, 2.05) is 27.7 Å². The summed E-state index contributed by atoms with van der Waals surface area (Å²) in [6.45, 7) is 12.0. The molecule has 0 heterocycles. The SMILES string of the molecule is CC(C)CC(C)c1ccc(C(=O)[O-])c(C(C)CC(C)C)c1C(=O)[O-]. The van der Waals surface area contributed by atoms with Crippen molar-refractivity contribution in [3.63, 3.8) is 0 Å². The third kappa shape index (κ3) is 4.83. The van der Waals surface area contributed by atoms with Gasteiger partial charge in [-0.1, -0.05) is 53.7 Å². The molecule has 1 aromatic rings. The van der Waals surface area contributed by atoms with Crippen LogP contribution < -0.4 is 10.2 Å². The molecule has 2 unspecified atom stereocenters. The lowest BCUT2D eigenvalue weighted by molar-refractivity contribution is -0.255. The minimum atomic E-state index is -1.34. The zero-order valence-corrected chi connectivity index (χ0v) is 15.5. The van der Waals surface area contributed by atoms with Crippen molar-refractivity contribution in [2.75, 3.05) is 0 Å². The topological polar surface area (TPSA) is 80.3 Å². The maximum atomic E-state index is 11.9. The second-order valence-corrected chi connectivity index (χ2v) is 7.63. The first-order chi connectivity index (χ1) is 11.1. The highest BCUT2D eigenvalue weighted by Crippen LogP contribution is 2.35. The fraction of sp³-hybridized carbons (Fsp3) is 0.600. The fourth-order valence-corrected chi connectivity index (χ4v) is 3.62. The highest BCUT2D eigenvalue weighted by Gasteiger charge is 2.23. The average molecular weight is 332 g/mol. The largest absolute Gasteiger partial charge is 0.545 e. The number of carbonyl (C=O) groups is 2. The molecule has 24 heavy (non-hydrogen) atoms. The zero-order chi connectivity index (χ0) is 18.6. The fourth-order valence-electron chi connectivity index (χ4n) is 3.62. The Labute approximate surface area is 144 Å². The van der Waals surface area contributed by atoms with Crippen molar-refractivity contribution in [2.45, 2.75) is 66.2 Å². The number of carboxylic acid groups (broad SMARTS) is 2. The van der Waals surface area contributed by atoms with Crippen molar-refractivity contribution in [2.24, 2.45) is 11.8 Å². The third-order valence-corrected chi connectivity index (χ3v) is 4.38. The number of aromatic carboxylic acids is 2. The summed E-state index contributed by atoms with van der Waals surface area (Å²) in [5.74, 6) is -2.11. The highest BCUT2D eigenvalue weighted by molar-refractivity contribution is 5.96. The van der Waals surface area contributed by atoms with E-state index in [0.717, 1.165) is 6.42 Å². The first kappa shape index (κ1) is 20.2. The Kier molecular flexibility index (Phi) is 7.00. The van der Waals surface area contributed by atoms with E-state index in [4.69, 9.17) is 0 Å². The molecule has 1 aromatic carbocycles. The zero-order valence-electron chi connectivity index (χ0n) is 15.5. The molecule has 0 N–H and O–H groups in total. The van der Waals surface area contributed by atoms with Gasteiger partial charge in [0.25, 0.3) is 0 Å². The quantitative estimate of drug-likeness (QED) is 0.733. The van der Waals surface area contributed by atoms with Gasteiger partial charge in [-0.15, -0.1) is 0 Å². The van der Waals surface area contributed by atoms with Gasteiger partial charge in [0.05, 0.1) is 11.9 Å². The summed E-state index contributed by atoms with van der Waals surface area (Å²) < 4.78 is 0. The van der Waals surface area contributed by atoms with E-state index in [2.05, 4.69) is 13.8 Å². The molecule has 0 aromatic heterocycles. The molecular formula is C20H28O4-2. The van der Waals surface area contributed by atoms with Gasteiger partial charge in [0, 0.05) is 11.1 Å². The molecular weight excluding hydrogens is 304 g/mol. The number of rotatable bonds is 8. The van der Waals surface area contributed by atoms with Gasteiger partial charge in [-0.2, -0.15) is 0 Å². The molecule has 0 fully saturated rings. The summed E-state index contributed by atoms with van der Waals surface area (Å²) in [4.78, 5) is 23.4. The lowest BCUT2D eigenvalue weighted by Crippen LogP contribution is -2.31. The van der Waals surface area contributed by atoms with Crippen molar-refractivity contribution in [3.8, 4) is 0 Å². The summed E-state index contributed by atoms with van der Waals surface area (Å²) in [7, 11) is 0. The summed E-state index contributed by atoms with van der Waals surface area (Å²) in [5, 5.41) is 23.4. The molecule has 0 bridgehead atoms. The molecule has 1 rings (SSSR count). The molecule has 0 radical (unpaired) electrons. The molecule has 0 spiro atoms. The monoisotopic (exact) mass is 332 g/mol. The number of hydrogen-bond donors (Lipinski definition) is 0. The van der Waals surface area contributed by atoms with E-state index in [1.54, 1.807) is 6.07 Å². The van der Waals surface area contributed by atoms with Crippen molar-refractivity contribution in [1.29, 1.82) is 0 Å². The molecule has 0 amide bonds. The Morgan fingerprint density at radius 3 is 1.75 bits per heavy atom. The first-order valence-electron chi connectivity index (χ1n) is 8.65. The van der Waals surface area contributed by atoms with Crippen LogP contribution in [0.1, 0.15) is 98.1 Å². The Hall–Kier alpha value is -1.84. The van der Waals surface area contributed by atoms with Gasteiger partial charge in [0.1, 0.15) is 0 Å². The second-order valence-electron chi connectivity index (χ2n) is 7.63. The van der Waals surface area contributed by atoms with Crippen LogP contribution in [0.15, 0.2) is 12.1 Å². The lowest BCUT2D eigenvalue weighted by Gasteiger charge is -2.28. The van der Waals surface area contributed by atoms with Crippen LogP contribution in [0.4, 0.5) is 0 Å². The van der Waals surface area contributed by atoms with Crippen LogP contribution in [0, 0.1) is 11.8 Å². The van der Waals surface area contributed by atoms with Crippen LogP contribution >= 0.6 is 0 Å². The van der Waals surface area contributed by atoms with E-state index in [0.29, 0.717) is 29.4 Å². The van der Waals surface area contributed by atoms with Crippen LogP contribution in [0.25, 0.3) is 0 Å². The van der Waals surface area contributed by atoms with Crippen molar-refractivity contribution in [1.82, 2.24) is 0 Å². The smallest absolute Gasteiger partial charge is 0.0721 e. The normalized spacial score (nSPS) is 14.0. The van der Waals surface area contributed by atoms with Gasteiger partial charge in [-0.05, 0) is 47.6 Å². The molecule has 0 aliphatic heterocycles. The maximum absolute atomic E-state index is 11.9. The van der Waals surface area contributed by atoms with Gasteiger partial charge < -0.3 is 19.8 Å². The molecule has 0 aliphatic rings. The standard InChI is InChI=1S/C20H30O4/c1-11(2)9-13(5)15-7-8-16(19(21)22)17(18(15)20(23)24)14(6)10-12(3)4/h7-8,11-14H,9-10H2,1-6H3,(H,21,22)(H,23,24)/p-2. The minimum absolute atomic E-state index is 0.0127. The summed E-state index contributed by atoms with van der Waals surface area (Å²) in [6.07, 6.45) is 1.52. The summed E-state index contributed by atoms with van der Waals surface area (Å²) in [6, 6.07) is 3.09. The summed E-state index contributed by atoms with van der Waals surface area (Å²) >= 11 is 0. The molecule has 4 nitrogen and oxygen atoms in total. The second kappa shape index (κ2) is 8.32. The first-order valence-corrected chi connectivity index (χ1v) is 8.65. The van der Waals surface area contributed by atoms with E-state index < -0.39 is 11.9 Å². The molecule has 0 saturated heterocycles. The van der Waals surface area contributed by atoms with Gasteiger partial charge in [0.15, 0.2) is 0 Å². The Balaban J connectivity index is 3.59. The Morgan fingerprint density at radius 2 is 1.33 bits per heavy atom. The maximum Gasteiger partial charge on any atom is 0.0721 e. The van der Waals surface area contributed by atoms with Crippen molar-refractivity contribution in [3.05, 3.63) is 34.4 Å². The minimum Gasteiger partial charge on any atom is -0.545 e. The van der Waals surface area contributed by atoms with E-state index in [1.165, 1.54) is 6.07 Å². The number of benzene rings is 1. The van der Waals surface area contributed by atoms with Crippen LogP contribution in [-0.4, -0.2) is 11.9 Å². The molecule has 2 atom stereocenters. The Morgan fingerprint density at radius 1 is 0.833 bits per heavy atom. The van der Waals surface area contributed by atoms with Crippen LogP contribution in [0.2, 0.25) is 0 Å². The van der Waals surface area contributed by atoms with E-state index in [9.17, 15) is 19.8 Å². The van der Waals surface area contributed by atoms with Crippen LogP contribution in [0.5, 0.6) is 0 Å². The predicted molar refractivity (Wildman–Crippen MR) is 90.8 cm³/mol. The summed E-state index contributed by atoms with van der Waals surface area (Å²) in [5.41, 5.74) is 0.997. The Bertz CT molecular complexity index is 602. The predicted octanol–water partition coefficient (Wildman–Crippen LogP) is 2.71. The van der Waals surface area contributed by atoms with Gasteiger partial charge in [-0.25, -0.2) is 0 Å². The lowest BCUT2D eigenvalue weighted by atomic mass is 9.80. The third-order valence-electron chi connectivity index (χ3n) is 4.38. The van der Waals surface area contributed by atoms with Gasteiger partial charge in [0.2, 0.25) is 0 Å². The molecule has 0 saturated carbocycles. The molecule has 134 valence electrons. The number of hydrogen-bond acceptors (Lipinski definition) is 4. The molecule has 0 aliphatic carbocycles. The number of carboxylic acids is 2. The van der Waals surface area contributed by atoms with Gasteiger partial charge >= 0.3 is 0 Å². The average Bonchev–Trinajstić information content (AvgIpc) is 2.43. The van der Waals surface area contributed by atoms with E-state index in [-0.39, 0.29) is 23.0 Å². The van der Waals surface area contributed by atoms with Crippen molar-refractivity contribution >= 4 is 11.9 Å². The van der Waals surface area contributed by atoms with Crippen LogP contribution in [-0.2, 0) is 0 Å². The highest BCUT2D eigenvalue weighted by atomic mass is 16.4. The van der Waals surface area contributed by atoms with Crippen molar-refractivity contribution < 1.29 is 19.8 Å². The number of carbonyl (C=O) groups excluding carboxylic acids is 2.